The maximum atomic E-state index is 10.7. The zero-order valence-electron chi connectivity index (χ0n) is 9.99. The Bertz CT molecular complexity index is 277. The van der Waals surface area contributed by atoms with Crippen LogP contribution in [0.2, 0.25) is 0 Å². The van der Waals surface area contributed by atoms with Crippen molar-refractivity contribution in [2.24, 2.45) is 0 Å². The molecular weight excluding hydrogens is 228 g/mol. The highest BCUT2D eigenvalue weighted by atomic mass is 16.7. The molecule has 0 aromatic rings. The molecule has 0 fully saturated rings. The van der Waals surface area contributed by atoms with Crippen LogP contribution in [0, 0.1) is 0 Å². The molecule has 0 spiro atoms. The Morgan fingerprint density at radius 1 is 0.882 bits per heavy atom. The highest BCUT2D eigenvalue weighted by molar-refractivity contribution is 5.61. The summed E-state index contributed by atoms with van der Waals surface area (Å²) in [5, 5.41) is 0. The lowest BCUT2D eigenvalue weighted by Crippen LogP contribution is -2.05. The molecule has 0 saturated heterocycles. The van der Waals surface area contributed by atoms with Crippen molar-refractivity contribution in [3.05, 3.63) is 24.7 Å². The van der Waals surface area contributed by atoms with E-state index in [9.17, 15) is 9.59 Å². The van der Waals surface area contributed by atoms with Crippen molar-refractivity contribution in [2.45, 2.75) is 19.3 Å². The van der Waals surface area contributed by atoms with E-state index in [1.807, 2.05) is 0 Å². The van der Waals surface area contributed by atoms with Gasteiger partial charge in [-0.2, -0.15) is 0 Å². The zero-order valence-corrected chi connectivity index (χ0v) is 9.99. The summed E-state index contributed by atoms with van der Waals surface area (Å²) >= 11 is 0. The third kappa shape index (κ3) is 7.89. The molecular formula is C11H16O6. The van der Waals surface area contributed by atoms with Crippen molar-refractivity contribution in [3.8, 4) is 0 Å². The minimum Gasteiger partial charge on any atom is -0.437 e. The monoisotopic (exact) mass is 244 g/mol. The molecule has 6 heteroatoms. The van der Waals surface area contributed by atoms with Gasteiger partial charge in [0.15, 0.2) is 0 Å². The fourth-order valence-corrected chi connectivity index (χ4v) is 0.904. The summed E-state index contributed by atoms with van der Waals surface area (Å²) in [6, 6.07) is 0. The van der Waals surface area contributed by atoms with Crippen LogP contribution in [0.1, 0.15) is 19.3 Å². The van der Waals surface area contributed by atoms with Crippen LogP contribution in [0.4, 0.5) is 9.59 Å². The Morgan fingerprint density at radius 3 is 1.53 bits per heavy atom. The SMILES string of the molecule is C=C(CCCC(=C)OC(=O)OC)OC(=O)OC. The Labute approximate surface area is 99.8 Å². The molecule has 0 heterocycles. The summed E-state index contributed by atoms with van der Waals surface area (Å²) in [6.07, 6.45) is -0.178. The number of methoxy groups -OCH3 is 2. The van der Waals surface area contributed by atoms with Gasteiger partial charge in [-0.1, -0.05) is 13.2 Å². The van der Waals surface area contributed by atoms with Crippen LogP contribution in [0.5, 0.6) is 0 Å². The van der Waals surface area contributed by atoms with Gasteiger partial charge in [0.2, 0.25) is 0 Å². The van der Waals surface area contributed by atoms with Crippen LogP contribution < -0.4 is 0 Å². The van der Waals surface area contributed by atoms with Crippen LogP contribution in [-0.2, 0) is 18.9 Å². The topological polar surface area (TPSA) is 71.1 Å². The van der Waals surface area contributed by atoms with Crippen LogP contribution in [0.3, 0.4) is 0 Å². The second kappa shape index (κ2) is 8.20. The van der Waals surface area contributed by atoms with Crippen LogP contribution in [-0.4, -0.2) is 26.5 Å². The molecule has 0 unspecified atom stereocenters. The number of hydrogen-bond donors (Lipinski definition) is 0. The van der Waals surface area contributed by atoms with Gasteiger partial charge in [0.25, 0.3) is 0 Å². The molecule has 0 saturated carbocycles. The van der Waals surface area contributed by atoms with Gasteiger partial charge in [-0.05, 0) is 6.42 Å². The van der Waals surface area contributed by atoms with E-state index in [2.05, 4.69) is 32.1 Å². The fraction of sp³-hybridized carbons (Fsp3) is 0.455. The summed E-state index contributed by atoms with van der Waals surface area (Å²) < 4.78 is 17.9. The first-order valence-corrected chi connectivity index (χ1v) is 4.86. The number of rotatable bonds is 6. The molecule has 0 amide bonds. The van der Waals surface area contributed by atoms with E-state index in [0.29, 0.717) is 19.3 Å². The summed E-state index contributed by atoms with van der Waals surface area (Å²) in [6.45, 7) is 7.06. The van der Waals surface area contributed by atoms with E-state index in [1.54, 1.807) is 0 Å². The number of allylic oxidation sites excluding steroid dienone is 2. The molecule has 0 N–H and O–H groups in total. The van der Waals surface area contributed by atoms with E-state index in [-0.39, 0.29) is 11.5 Å². The number of hydrogen-bond acceptors (Lipinski definition) is 6. The molecule has 0 bridgehead atoms. The summed E-state index contributed by atoms with van der Waals surface area (Å²) in [5.74, 6) is 0.561. The predicted octanol–water partition coefficient (Wildman–Crippen LogP) is 2.75. The molecule has 0 aliphatic carbocycles. The van der Waals surface area contributed by atoms with Crippen molar-refractivity contribution in [1.29, 1.82) is 0 Å². The first-order chi connectivity index (χ1) is 7.99. The quantitative estimate of drug-likeness (QED) is 0.528. The number of carbonyl (C=O) groups excluding carboxylic acids is 2. The maximum Gasteiger partial charge on any atom is 0.513 e. The lowest BCUT2D eigenvalue weighted by molar-refractivity contribution is 0.0932. The summed E-state index contributed by atoms with van der Waals surface area (Å²) in [4.78, 5) is 21.4. The van der Waals surface area contributed by atoms with Crippen LogP contribution >= 0.6 is 0 Å². The molecule has 0 rings (SSSR count). The van der Waals surface area contributed by atoms with E-state index >= 15 is 0 Å². The van der Waals surface area contributed by atoms with E-state index in [1.165, 1.54) is 14.2 Å². The molecule has 0 aromatic carbocycles. The third-order valence-corrected chi connectivity index (χ3v) is 1.70. The largest absolute Gasteiger partial charge is 0.513 e. The Morgan fingerprint density at radius 2 is 1.24 bits per heavy atom. The summed E-state index contributed by atoms with van der Waals surface area (Å²) in [5.41, 5.74) is 0. The second-order valence-corrected chi connectivity index (χ2v) is 3.04. The predicted molar refractivity (Wildman–Crippen MR) is 59.1 cm³/mol. The highest BCUT2D eigenvalue weighted by Gasteiger charge is 2.07. The van der Waals surface area contributed by atoms with E-state index in [0.717, 1.165) is 0 Å². The second-order valence-electron chi connectivity index (χ2n) is 3.04. The van der Waals surface area contributed by atoms with Gasteiger partial charge in [-0.15, -0.1) is 0 Å². The van der Waals surface area contributed by atoms with Crippen LogP contribution in [0.25, 0.3) is 0 Å². The smallest absolute Gasteiger partial charge is 0.437 e. The van der Waals surface area contributed by atoms with Crippen molar-refractivity contribution in [3.63, 3.8) is 0 Å². The lowest BCUT2D eigenvalue weighted by Gasteiger charge is -2.07. The normalized spacial score (nSPS) is 9.06. The molecule has 0 radical (unpaired) electrons. The fourth-order valence-electron chi connectivity index (χ4n) is 0.904. The van der Waals surface area contributed by atoms with Crippen molar-refractivity contribution < 1.29 is 28.5 Å². The van der Waals surface area contributed by atoms with Crippen molar-refractivity contribution in [2.75, 3.05) is 14.2 Å². The molecule has 6 nitrogen and oxygen atoms in total. The molecule has 0 atom stereocenters. The molecule has 0 aliphatic heterocycles. The van der Waals surface area contributed by atoms with Gasteiger partial charge in [0, 0.05) is 12.8 Å². The minimum absolute atomic E-state index is 0.280. The standard InChI is InChI=1S/C11H16O6/c1-8(16-10(12)14-3)6-5-7-9(2)17-11(13)15-4/h1-2,5-7H2,3-4H3. The third-order valence-electron chi connectivity index (χ3n) is 1.70. The van der Waals surface area contributed by atoms with Gasteiger partial charge in [0.1, 0.15) is 11.5 Å². The highest BCUT2D eigenvalue weighted by Crippen LogP contribution is 2.12. The average molecular weight is 244 g/mol. The van der Waals surface area contributed by atoms with Gasteiger partial charge in [-0.25, -0.2) is 9.59 Å². The number of carbonyl (C=O) groups is 2. The molecule has 0 aliphatic rings. The number of ether oxygens (including phenoxy) is 4. The van der Waals surface area contributed by atoms with Crippen molar-refractivity contribution >= 4 is 12.3 Å². The minimum atomic E-state index is -0.806. The first kappa shape index (κ1) is 15.0. The van der Waals surface area contributed by atoms with E-state index in [4.69, 9.17) is 0 Å². The Hall–Kier alpha value is -1.98. The Balaban J connectivity index is 3.69. The lowest BCUT2D eigenvalue weighted by atomic mass is 10.2. The van der Waals surface area contributed by atoms with E-state index < -0.39 is 12.3 Å². The summed E-state index contributed by atoms with van der Waals surface area (Å²) in [7, 11) is 2.42. The van der Waals surface area contributed by atoms with Gasteiger partial charge < -0.3 is 18.9 Å². The average Bonchev–Trinajstić information content (AvgIpc) is 2.28. The molecule has 96 valence electrons. The first-order valence-electron chi connectivity index (χ1n) is 4.86. The van der Waals surface area contributed by atoms with Gasteiger partial charge >= 0.3 is 12.3 Å². The molecule has 17 heavy (non-hydrogen) atoms. The van der Waals surface area contributed by atoms with Crippen LogP contribution in [0.15, 0.2) is 24.7 Å². The van der Waals surface area contributed by atoms with Crippen molar-refractivity contribution in [1.82, 2.24) is 0 Å². The molecule has 0 aromatic heterocycles. The Kier molecular flexibility index (Phi) is 7.25. The van der Waals surface area contributed by atoms with Gasteiger partial charge in [0.05, 0.1) is 14.2 Å². The zero-order chi connectivity index (χ0) is 13.3. The maximum absolute atomic E-state index is 10.7. The van der Waals surface area contributed by atoms with Gasteiger partial charge in [-0.3, -0.25) is 0 Å².